The Bertz CT molecular complexity index is 1220. The van der Waals surface area contributed by atoms with Crippen LogP contribution in [-0.4, -0.2) is 34.5 Å². The number of hydrogen-bond donors (Lipinski definition) is 2. The Morgan fingerprint density at radius 1 is 1.06 bits per heavy atom. The topological polar surface area (TPSA) is 103 Å². The van der Waals surface area contributed by atoms with Gasteiger partial charge in [0, 0.05) is 17.4 Å². The molecule has 0 radical (unpaired) electrons. The lowest BCUT2D eigenvalue weighted by Crippen LogP contribution is -2.19. The number of carbonyl (C=O) groups is 1. The smallest absolute Gasteiger partial charge is 0.336 e. The Morgan fingerprint density at radius 3 is 2.52 bits per heavy atom. The summed E-state index contributed by atoms with van der Waals surface area (Å²) in [5, 5.41) is 10.1. The zero-order valence-electron chi connectivity index (χ0n) is 18.6. The van der Waals surface area contributed by atoms with Gasteiger partial charge in [0.15, 0.2) is 5.76 Å². The van der Waals surface area contributed by atoms with Crippen LogP contribution in [0.3, 0.4) is 0 Å². The van der Waals surface area contributed by atoms with Crippen molar-refractivity contribution in [3.63, 3.8) is 0 Å². The van der Waals surface area contributed by atoms with Crippen molar-refractivity contribution in [1.29, 1.82) is 0 Å². The molecule has 0 bridgehead atoms. The Hall–Kier alpha value is -4.27. The molecule has 33 heavy (non-hydrogen) atoms. The molecule has 0 saturated carbocycles. The van der Waals surface area contributed by atoms with Crippen LogP contribution < -0.4 is 20.1 Å². The third-order valence-corrected chi connectivity index (χ3v) is 4.55. The summed E-state index contributed by atoms with van der Waals surface area (Å²) >= 11 is 0. The highest BCUT2D eigenvalue weighted by atomic mass is 16.5. The molecule has 9 heteroatoms. The number of furan rings is 1. The van der Waals surface area contributed by atoms with Crippen LogP contribution >= 0.6 is 0 Å². The highest BCUT2D eigenvalue weighted by Gasteiger charge is 2.17. The van der Waals surface area contributed by atoms with Gasteiger partial charge in [-0.15, -0.1) is 5.10 Å². The molecule has 2 aromatic carbocycles. The fourth-order valence-corrected chi connectivity index (χ4v) is 3.05. The van der Waals surface area contributed by atoms with Crippen LogP contribution in [0.2, 0.25) is 0 Å². The predicted molar refractivity (Wildman–Crippen MR) is 125 cm³/mol. The second-order valence-electron chi connectivity index (χ2n) is 7.67. The zero-order chi connectivity index (χ0) is 23.2. The molecule has 0 spiro atoms. The number of nitrogens with zero attached hydrogens (tertiary/aromatic N) is 3. The number of amides is 2. The predicted octanol–water partition coefficient (Wildman–Crippen LogP) is 5.21. The van der Waals surface area contributed by atoms with Crippen LogP contribution in [0.25, 0.3) is 17.3 Å². The van der Waals surface area contributed by atoms with Gasteiger partial charge in [0.05, 0.1) is 25.7 Å². The Balaban J connectivity index is 1.56. The normalized spacial score (nSPS) is 10.8. The summed E-state index contributed by atoms with van der Waals surface area (Å²) in [5.41, 5.74) is 1.89. The quantitative estimate of drug-likeness (QED) is 0.384. The van der Waals surface area contributed by atoms with Gasteiger partial charge in [0.2, 0.25) is 5.82 Å². The summed E-state index contributed by atoms with van der Waals surface area (Å²) in [5.74, 6) is 2.04. The molecule has 170 valence electrons. The number of nitrogens with one attached hydrogen (secondary N) is 2. The molecule has 0 aliphatic heterocycles. The molecule has 0 fully saturated rings. The number of urea groups is 1. The van der Waals surface area contributed by atoms with Gasteiger partial charge in [-0.2, -0.15) is 4.98 Å². The number of rotatable bonds is 8. The number of methoxy groups -OCH3 is 1. The van der Waals surface area contributed by atoms with E-state index in [4.69, 9.17) is 13.9 Å². The van der Waals surface area contributed by atoms with Gasteiger partial charge in [0.25, 0.3) is 0 Å². The molecule has 2 N–H and O–H groups in total. The lowest BCUT2D eigenvalue weighted by atomic mass is 10.2. The fourth-order valence-electron chi connectivity index (χ4n) is 3.05. The van der Waals surface area contributed by atoms with Crippen molar-refractivity contribution in [2.75, 3.05) is 24.4 Å². The van der Waals surface area contributed by atoms with E-state index in [1.54, 1.807) is 66.6 Å². The minimum absolute atomic E-state index is 0.254. The van der Waals surface area contributed by atoms with E-state index in [0.717, 1.165) is 0 Å². The average Bonchev–Trinajstić information content (AvgIpc) is 3.48. The maximum Gasteiger partial charge on any atom is 0.336 e. The van der Waals surface area contributed by atoms with E-state index in [2.05, 4.69) is 34.6 Å². The van der Waals surface area contributed by atoms with Gasteiger partial charge < -0.3 is 24.5 Å². The van der Waals surface area contributed by atoms with E-state index < -0.39 is 0 Å². The largest absolute Gasteiger partial charge is 0.497 e. The number of aromatic nitrogens is 3. The highest BCUT2D eigenvalue weighted by molar-refractivity contribution is 6.00. The van der Waals surface area contributed by atoms with Crippen molar-refractivity contribution in [2.45, 2.75) is 13.8 Å². The standard InChI is InChI=1S/C24H25N5O4/c1-16(2)15-33-24-27-22(21-11-6-12-32-21)29(28-24)19-9-4-7-17(13-19)25-23(30)26-18-8-5-10-20(14-18)31-3/h4-14,16H,15H2,1-3H3,(H2,25,26,30). The monoisotopic (exact) mass is 447 g/mol. The number of benzene rings is 2. The van der Waals surface area contributed by atoms with Crippen LogP contribution in [-0.2, 0) is 0 Å². The molecule has 4 rings (SSSR count). The van der Waals surface area contributed by atoms with E-state index in [1.165, 1.54) is 0 Å². The zero-order valence-corrected chi connectivity index (χ0v) is 18.6. The summed E-state index contributed by atoms with van der Waals surface area (Å²) < 4.78 is 18.1. The summed E-state index contributed by atoms with van der Waals surface area (Å²) in [6.07, 6.45) is 1.57. The van der Waals surface area contributed by atoms with E-state index in [1.807, 2.05) is 12.1 Å². The minimum Gasteiger partial charge on any atom is -0.497 e. The van der Waals surface area contributed by atoms with Crippen LogP contribution in [0.15, 0.2) is 71.3 Å². The van der Waals surface area contributed by atoms with Crippen molar-refractivity contribution >= 4 is 17.4 Å². The highest BCUT2D eigenvalue weighted by Crippen LogP contribution is 2.25. The minimum atomic E-state index is -0.383. The van der Waals surface area contributed by atoms with Crippen molar-refractivity contribution in [2.24, 2.45) is 5.92 Å². The van der Waals surface area contributed by atoms with Crippen molar-refractivity contribution in [1.82, 2.24) is 14.8 Å². The Morgan fingerprint density at radius 2 is 1.82 bits per heavy atom. The second kappa shape index (κ2) is 9.90. The molecule has 0 saturated heterocycles. The molecular formula is C24H25N5O4. The molecule has 0 atom stereocenters. The van der Waals surface area contributed by atoms with Crippen LogP contribution in [0.1, 0.15) is 13.8 Å². The molecule has 2 heterocycles. The lowest BCUT2D eigenvalue weighted by molar-refractivity contribution is 0.251. The van der Waals surface area contributed by atoms with Gasteiger partial charge in [0.1, 0.15) is 5.75 Å². The maximum absolute atomic E-state index is 12.5. The first kappa shape index (κ1) is 21.9. The lowest BCUT2D eigenvalue weighted by Gasteiger charge is -2.10. The number of ether oxygens (including phenoxy) is 2. The van der Waals surface area contributed by atoms with E-state index in [-0.39, 0.29) is 12.0 Å². The van der Waals surface area contributed by atoms with Gasteiger partial charge >= 0.3 is 12.0 Å². The third-order valence-electron chi connectivity index (χ3n) is 4.55. The van der Waals surface area contributed by atoms with Crippen LogP contribution in [0.5, 0.6) is 11.8 Å². The van der Waals surface area contributed by atoms with Crippen molar-refractivity contribution in [3.8, 4) is 29.0 Å². The number of anilines is 2. The maximum atomic E-state index is 12.5. The number of carbonyl (C=O) groups excluding carboxylic acids is 1. The molecule has 0 unspecified atom stereocenters. The van der Waals surface area contributed by atoms with Crippen molar-refractivity contribution in [3.05, 3.63) is 66.9 Å². The van der Waals surface area contributed by atoms with E-state index in [9.17, 15) is 4.79 Å². The molecule has 0 aliphatic carbocycles. The molecule has 4 aromatic rings. The summed E-state index contributed by atoms with van der Waals surface area (Å²) in [6, 6.07) is 17.8. The first-order chi connectivity index (χ1) is 16.0. The molecule has 9 nitrogen and oxygen atoms in total. The molecule has 2 aromatic heterocycles. The van der Waals surface area contributed by atoms with Crippen LogP contribution in [0.4, 0.5) is 16.2 Å². The van der Waals surface area contributed by atoms with Gasteiger partial charge in [-0.3, -0.25) is 0 Å². The van der Waals surface area contributed by atoms with E-state index in [0.29, 0.717) is 46.9 Å². The van der Waals surface area contributed by atoms with Gasteiger partial charge in [-0.05, 0) is 48.4 Å². The van der Waals surface area contributed by atoms with Crippen molar-refractivity contribution < 1.29 is 18.7 Å². The molecule has 2 amide bonds. The average molecular weight is 447 g/mol. The summed E-state index contributed by atoms with van der Waals surface area (Å²) in [4.78, 5) is 17.0. The summed E-state index contributed by atoms with van der Waals surface area (Å²) in [6.45, 7) is 4.60. The second-order valence-corrected chi connectivity index (χ2v) is 7.67. The van der Waals surface area contributed by atoms with Crippen LogP contribution in [0, 0.1) is 5.92 Å². The first-order valence-corrected chi connectivity index (χ1v) is 10.5. The fraction of sp³-hybridized carbons (Fsp3) is 0.208. The molecular weight excluding hydrogens is 422 g/mol. The third kappa shape index (κ3) is 5.51. The number of hydrogen-bond acceptors (Lipinski definition) is 6. The van der Waals surface area contributed by atoms with Gasteiger partial charge in [-0.1, -0.05) is 26.0 Å². The summed E-state index contributed by atoms with van der Waals surface area (Å²) in [7, 11) is 1.57. The first-order valence-electron chi connectivity index (χ1n) is 10.5. The SMILES string of the molecule is COc1cccc(NC(=O)Nc2cccc(-n3nc(OCC(C)C)nc3-c3ccco3)c2)c1. The van der Waals surface area contributed by atoms with E-state index >= 15 is 0 Å². The molecule has 0 aliphatic rings. The Kier molecular flexibility index (Phi) is 6.58. The Labute approximate surface area is 191 Å². The van der Waals surface area contributed by atoms with Gasteiger partial charge in [-0.25, -0.2) is 9.48 Å².